The molecule has 1 aliphatic rings. The molecule has 5 heteroatoms. The second kappa shape index (κ2) is 7.17. The van der Waals surface area contributed by atoms with Gasteiger partial charge in [-0.3, -0.25) is 4.90 Å². The summed E-state index contributed by atoms with van der Waals surface area (Å²) in [6.45, 7) is 6.24. The molecule has 2 aromatic carbocycles. The van der Waals surface area contributed by atoms with Crippen LogP contribution in [-0.2, 0) is 17.9 Å². The van der Waals surface area contributed by atoms with E-state index in [2.05, 4.69) is 53.0 Å². The summed E-state index contributed by atoms with van der Waals surface area (Å²) in [4.78, 5) is 9.96. The Kier molecular flexibility index (Phi) is 4.74. The number of hydrogen-bond acceptors (Lipinski definition) is 3. The average Bonchev–Trinajstić information content (AvgIpc) is 3.17. The maximum Gasteiger partial charge on any atom is 0.140 e. The van der Waals surface area contributed by atoms with Gasteiger partial charge in [0.15, 0.2) is 0 Å². The predicted octanol–water partition coefficient (Wildman–Crippen LogP) is 3.92. The molecule has 0 bridgehead atoms. The van der Waals surface area contributed by atoms with E-state index in [1.165, 1.54) is 16.7 Å². The van der Waals surface area contributed by atoms with Crippen LogP contribution in [0, 0.1) is 13.8 Å². The van der Waals surface area contributed by atoms with Gasteiger partial charge in [-0.25, -0.2) is 9.37 Å². The SMILES string of the molecule is Cc1cc2nc(COC3CN(Cc4ccccc4)CC3F)[nH]c2cc1C. The van der Waals surface area contributed by atoms with Gasteiger partial charge in [-0.2, -0.15) is 0 Å². The lowest BCUT2D eigenvalue weighted by Crippen LogP contribution is -2.24. The van der Waals surface area contributed by atoms with Crippen LogP contribution in [0.5, 0.6) is 0 Å². The van der Waals surface area contributed by atoms with Crippen molar-refractivity contribution in [3.05, 3.63) is 65.0 Å². The van der Waals surface area contributed by atoms with Crippen LogP contribution in [0.4, 0.5) is 4.39 Å². The van der Waals surface area contributed by atoms with Crippen LogP contribution in [0.3, 0.4) is 0 Å². The fourth-order valence-corrected chi connectivity index (χ4v) is 3.51. The van der Waals surface area contributed by atoms with Crippen molar-refractivity contribution in [1.82, 2.24) is 14.9 Å². The molecule has 1 N–H and O–H groups in total. The number of aryl methyl sites for hydroxylation is 2. The van der Waals surface area contributed by atoms with E-state index in [4.69, 9.17) is 4.74 Å². The summed E-state index contributed by atoms with van der Waals surface area (Å²) < 4.78 is 20.2. The summed E-state index contributed by atoms with van der Waals surface area (Å²) in [6.07, 6.45) is -1.37. The van der Waals surface area contributed by atoms with Crippen molar-refractivity contribution in [2.75, 3.05) is 13.1 Å². The molecule has 2 heterocycles. The van der Waals surface area contributed by atoms with Crippen molar-refractivity contribution < 1.29 is 9.13 Å². The van der Waals surface area contributed by atoms with Crippen LogP contribution >= 0.6 is 0 Å². The third-order valence-corrected chi connectivity index (χ3v) is 5.10. The summed E-state index contributed by atoms with van der Waals surface area (Å²) in [7, 11) is 0. The van der Waals surface area contributed by atoms with Crippen LogP contribution in [0.2, 0.25) is 0 Å². The van der Waals surface area contributed by atoms with E-state index in [9.17, 15) is 4.39 Å². The second-order valence-electron chi connectivity index (χ2n) is 7.18. The molecule has 4 nitrogen and oxygen atoms in total. The van der Waals surface area contributed by atoms with Gasteiger partial charge in [-0.1, -0.05) is 30.3 Å². The monoisotopic (exact) mass is 353 g/mol. The quantitative estimate of drug-likeness (QED) is 0.756. The van der Waals surface area contributed by atoms with Crippen LogP contribution in [0.25, 0.3) is 11.0 Å². The van der Waals surface area contributed by atoms with Crippen molar-refractivity contribution in [1.29, 1.82) is 0 Å². The number of imidazole rings is 1. The second-order valence-corrected chi connectivity index (χ2v) is 7.18. The number of aromatic amines is 1. The Labute approximate surface area is 153 Å². The number of benzene rings is 2. The Hall–Kier alpha value is -2.24. The van der Waals surface area contributed by atoms with Gasteiger partial charge in [0, 0.05) is 19.6 Å². The molecular formula is C21H24FN3O. The number of aromatic nitrogens is 2. The summed E-state index contributed by atoms with van der Waals surface area (Å²) >= 11 is 0. The summed E-state index contributed by atoms with van der Waals surface area (Å²) in [5.41, 5.74) is 5.57. The number of halogens is 1. The number of H-pyrrole nitrogens is 1. The number of alkyl halides is 1. The normalized spacial score (nSPS) is 20.9. The van der Waals surface area contributed by atoms with Crippen LogP contribution < -0.4 is 0 Å². The van der Waals surface area contributed by atoms with Gasteiger partial charge in [0.1, 0.15) is 24.7 Å². The first-order valence-corrected chi connectivity index (χ1v) is 9.06. The van der Waals surface area contributed by atoms with E-state index in [1.807, 2.05) is 18.2 Å². The fraction of sp³-hybridized carbons (Fsp3) is 0.381. The molecule has 1 fully saturated rings. The van der Waals surface area contributed by atoms with Crippen LogP contribution in [0.1, 0.15) is 22.5 Å². The highest BCUT2D eigenvalue weighted by Gasteiger charge is 2.33. The lowest BCUT2D eigenvalue weighted by atomic mass is 10.1. The summed E-state index contributed by atoms with van der Waals surface area (Å²) in [6, 6.07) is 14.3. The van der Waals surface area contributed by atoms with E-state index < -0.39 is 12.3 Å². The van der Waals surface area contributed by atoms with Crippen LogP contribution in [-0.4, -0.2) is 40.2 Å². The van der Waals surface area contributed by atoms with E-state index in [1.54, 1.807) is 0 Å². The maximum absolute atomic E-state index is 14.4. The van der Waals surface area contributed by atoms with Gasteiger partial charge >= 0.3 is 0 Å². The lowest BCUT2D eigenvalue weighted by molar-refractivity contribution is 0.00864. The molecule has 0 aliphatic carbocycles. The number of hydrogen-bond donors (Lipinski definition) is 1. The Bertz CT molecular complexity index is 854. The Morgan fingerprint density at radius 1 is 1.15 bits per heavy atom. The van der Waals surface area contributed by atoms with E-state index >= 15 is 0 Å². The number of fused-ring (bicyclic) bond motifs is 1. The molecule has 2 unspecified atom stereocenters. The molecule has 1 aromatic heterocycles. The molecule has 1 aliphatic heterocycles. The molecule has 2 atom stereocenters. The highest BCUT2D eigenvalue weighted by atomic mass is 19.1. The zero-order valence-electron chi connectivity index (χ0n) is 15.2. The van der Waals surface area contributed by atoms with Crippen molar-refractivity contribution >= 4 is 11.0 Å². The largest absolute Gasteiger partial charge is 0.366 e. The predicted molar refractivity (Wildman–Crippen MR) is 101 cm³/mol. The Morgan fingerprint density at radius 3 is 2.73 bits per heavy atom. The highest BCUT2D eigenvalue weighted by Crippen LogP contribution is 2.21. The molecule has 0 amide bonds. The first-order valence-electron chi connectivity index (χ1n) is 9.06. The van der Waals surface area contributed by atoms with Gasteiger partial charge in [0.05, 0.1) is 11.0 Å². The highest BCUT2D eigenvalue weighted by molar-refractivity contribution is 5.77. The minimum absolute atomic E-state index is 0.303. The average molecular weight is 353 g/mol. The number of ether oxygens (including phenoxy) is 1. The molecule has 136 valence electrons. The van der Waals surface area contributed by atoms with E-state index in [0.717, 1.165) is 23.4 Å². The standard InChI is InChI=1S/C21H24FN3O/c1-14-8-18-19(9-15(14)2)24-21(23-18)13-26-20-12-25(11-17(20)22)10-16-6-4-3-5-7-16/h3-9,17,20H,10-13H2,1-2H3,(H,23,24). The number of nitrogens with zero attached hydrogens (tertiary/aromatic N) is 2. The van der Waals surface area contributed by atoms with Gasteiger partial charge in [0.25, 0.3) is 0 Å². The van der Waals surface area contributed by atoms with Gasteiger partial charge < -0.3 is 9.72 Å². The topological polar surface area (TPSA) is 41.1 Å². The molecule has 0 saturated carbocycles. The molecule has 26 heavy (non-hydrogen) atoms. The zero-order chi connectivity index (χ0) is 18.1. The third-order valence-electron chi connectivity index (χ3n) is 5.10. The Morgan fingerprint density at radius 2 is 1.92 bits per heavy atom. The van der Waals surface area contributed by atoms with Crippen molar-refractivity contribution in [2.45, 2.75) is 39.3 Å². The van der Waals surface area contributed by atoms with Crippen LogP contribution in [0.15, 0.2) is 42.5 Å². The zero-order valence-corrected chi connectivity index (χ0v) is 15.2. The van der Waals surface area contributed by atoms with Crippen molar-refractivity contribution in [3.63, 3.8) is 0 Å². The lowest BCUT2D eigenvalue weighted by Gasteiger charge is -2.15. The van der Waals surface area contributed by atoms with Gasteiger partial charge in [0.2, 0.25) is 0 Å². The summed E-state index contributed by atoms with van der Waals surface area (Å²) in [5.74, 6) is 0.749. The maximum atomic E-state index is 14.4. The van der Waals surface area contributed by atoms with Crippen molar-refractivity contribution in [2.24, 2.45) is 0 Å². The minimum Gasteiger partial charge on any atom is -0.366 e. The molecule has 0 radical (unpaired) electrons. The molecule has 4 rings (SSSR count). The number of rotatable bonds is 5. The van der Waals surface area contributed by atoms with E-state index in [-0.39, 0.29) is 0 Å². The molecular weight excluding hydrogens is 329 g/mol. The number of nitrogens with one attached hydrogen (secondary N) is 1. The number of likely N-dealkylation sites (tertiary alicyclic amines) is 1. The van der Waals surface area contributed by atoms with Gasteiger partial charge in [-0.15, -0.1) is 0 Å². The molecule has 1 saturated heterocycles. The van der Waals surface area contributed by atoms with Gasteiger partial charge in [-0.05, 0) is 42.7 Å². The minimum atomic E-state index is -0.965. The molecule has 3 aromatic rings. The van der Waals surface area contributed by atoms with Crippen molar-refractivity contribution in [3.8, 4) is 0 Å². The first kappa shape index (κ1) is 17.2. The summed E-state index contributed by atoms with van der Waals surface area (Å²) in [5, 5.41) is 0. The fourth-order valence-electron chi connectivity index (χ4n) is 3.51. The first-order chi connectivity index (χ1) is 12.6. The van der Waals surface area contributed by atoms with E-state index in [0.29, 0.717) is 19.7 Å². The smallest absolute Gasteiger partial charge is 0.140 e. The third kappa shape index (κ3) is 3.64. The Balaban J connectivity index is 1.37. The molecule has 0 spiro atoms.